The van der Waals surface area contributed by atoms with Crippen molar-refractivity contribution in [3.05, 3.63) is 24.4 Å². The van der Waals surface area contributed by atoms with E-state index in [0.717, 1.165) is 18.7 Å². The van der Waals surface area contributed by atoms with Crippen molar-refractivity contribution in [3.63, 3.8) is 0 Å². The van der Waals surface area contributed by atoms with Gasteiger partial charge in [0.05, 0.1) is 0 Å². The molecular formula is C10H20N2. The largest absolute Gasteiger partial charge is 0.319 e. The topological polar surface area (TPSA) is 24.4 Å². The normalized spacial score (nSPS) is 9.75. The second-order valence-corrected chi connectivity index (χ2v) is 1.91. The summed E-state index contributed by atoms with van der Waals surface area (Å²) in [5.74, 6) is 0. The molecule has 0 atom stereocenters. The molecule has 0 rings (SSSR count). The zero-order valence-corrected chi connectivity index (χ0v) is 8.43. The quantitative estimate of drug-likeness (QED) is 0.494. The van der Waals surface area contributed by atoms with Crippen molar-refractivity contribution in [3.8, 4) is 0 Å². The Kier molecular flexibility index (Phi) is 14.5. The number of allylic oxidation sites excluding steroid dienone is 2. The summed E-state index contributed by atoms with van der Waals surface area (Å²) in [6, 6.07) is 0. The van der Waals surface area contributed by atoms with E-state index >= 15 is 0 Å². The maximum absolute atomic E-state index is 3.82. The average Bonchev–Trinajstić information content (AvgIpc) is 2.15. The lowest BCUT2D eigenvalue weighted by Crippen LogP contribution is -2.07. The molecule has 0 aliphatic carbocycles. The van der Waals surface area contributed by atoms with Crippen molar-refractivity contribution in [1.29, 1.82) is 0 Å². The van der Waals surface area contributed by atoms with E-state index in [4.69, 9.17) is 0 Å². The van der Waals surface area contributed by atoms with E-state index in [2.05, 4.69) is 23.6 Å². The number of hydrogen-bond acceptors (Lipinski definition) is 2. The highest BCUT2D eigenvalue weighted by molar-refractivity contribution is 5.29. The third-order valence-electron chi connectivity index (χ3n) is 1.14. The highest BCUT2D eigenvalue weighted by atomic mass is 14.8. The first kappa shape index (κ1) is 13.7. The number of rotatable bonds is 5. The van der Waals surface area contributed by atoms with Gasteiger partial charge in [0.25, 0.3) is 0 Å². The summed E-state index contributed by atoms with van der Waals surface area (Å²) < 4.78 is 0. The first-order chi connectivity index (χ1) is 5.85. The maximum Gasteiger partial charge on any atom is 0.0408 e. The molecule has 0 unspecified atom stereocenters. The molecule has 0 saturated heterocycles. The van der Waals surface area contributed by atoms with Crippen LogP contribution in [0.5, 0.6) is 0 Å². The van der Waals surface area contributed by atoms with E-state index in [0.29, 0.717) is 0 Å². The van der Waals surface area contributed by atoms with Crippen LogP contribution in [0.1, 0.15) is 20.3 Å². The van der Waals surface area contributed by atoms with Crippen LogP contribution in [0.15, 0.2) is 29.4 Å². The van der Waals surface area contributed by atoms with Gasteiger partial charge in [0.2, 0.25) is 0 Å². The summed E-state index contributed by atoms with van der Waals surface area (Å²) in [6.45, 7) is 11.9. The second-order valence-electron chi connectivity index (χ2n) is 1.91. The summed E-state index contributed by atoms with van der Waals surface area (Å²) in [4.78, 5) is 3.82. The molecule has 0 radical (unpaired) electrons. The lowest BCUT2D eigenvalue weighted by atomic mass is 10.3. The Morgan fingerprint density at radius 3 is 2.42 bits per heavy atom. The van der Waals surface area contributed by atoms with Gasteiger partial charge in [-0.2, -0.15) is 0 Å². The van der Waals surface area contributed by atoms with Crippen molar-refractivity contribution in [2.45, 2.75) is 20.3 Å². The van der Waals surface area contributed by atoms with Crippen LogP contribution in [0.3, 0.4) is 0 Å². The van der Waals surface area contributed by atoms with Crippen LogP contribution in [0.4, 0.5) is 0 Å². The SMILES string of the molecule is C=C/C=C(/CCNC)N=C.CC. The van der Waals surface area contributed by atoms with Crippen LogP contribution in [0.2, 0.25) is 0 Å². The van der Waals surface area contributed by atoms with Crippen molar-refractivity contribution in [2.24, 2.45) is 4.99 Å². The van der Waals surface area contributed by atoms with Crippen molar-refractivity contribution in [2.75, 3.05) is 13.6 Å². The van der Waals surface area contributed by atoms with Gasteiger partial charge >= 0.3 is 0 Å². The predicted octanol–water partition coefficient (Wildman–Crippen LogP) is 2.39. The summed E-state index contributed by atoms with van der Waals surface area (Å²) in [5, 5.41) is 3.03. The number of hydrogen-bond donors (Lipinski definition) is 1. The van der Waals surface area contributed by atoms with Crippen LogP contribution in [0, 0.1) is 0 Å². The van der Waals surface area contributed by atoms with Gasteiger partial charge < -0.3 is 5.32 Å². The number of nitrogens with one attached hydrogen (secondary N) is 1. The molecule has 0 fully saturated rings. The van der Waals surface area contributed by atoms with Gasteiger partial charge in [-0.25, -0.2) is 0 Å². The smallest absolute Gasteiger partial charge is 0.0408 e. The summed E-state index contributed by atoms with van der Waals surface area (Å²) in [6.07, 6.45) is 4.50. The van der Waals surface area contributed by atoms with Gasteiger partial charge in [-0.3, -0.25) is 4.99 Å². The Bertz CT molecular complexity index is 137. The molecule has 0 aromatic rings. The molecule has 12 heavy (non-hydrogen) atoms. The van der Waals surface area contributed by atoms with Crippen LogP contribution in [-0.4, -0.2) is 20.3 Å². The molecule has 0 aromatic carbocycles. The van der Waals surface area contributed by atoms with Crippen molar-refractivity contribution >= 4 is 6.72 Å². The Morgan fingerprint density at radius 2 is 2.08 bits per heavy atom. The van der Waals surface area contributed by atoms with Gasteiger partial charge in [0.15, 0.2) is 0 Å². The van der Waals surface area contributed by atoms with E-state index < -0.39 is 0 Å². The van der Waals surface area contributed by atoms with Gasteiger partial charge in [-0.15, -0.1) is 0 Å². The number of nitrogens with zero attached hydrogens (tertiary/aromatic N) is 1. The summed E-state index contributed by atoms with van der Waals surface area (Å²) >= 11 is 0. The van der Waals surface area contributed by atoms with Gasteiger partial charge in [0, 0.05) is 18.7 Å². The predicted molar refractivity (Wildman–Crippen MR) is 57.7 cm³/mol. The fraction of sp³-hybridized carbons (Fsp3) is 0.500. The lowest BCUT2D eigenvalue weighted by Gasteiger charge is -1.97. The summed E-state index contributed by atoms with van der Waals surface area (Å²) in [7, 11) is 1.91. The van der Waals surface area contributed by atoms with E-state index in [1.807, 2.05) is 27.0 Å². The molecular weight excluding hydrogens is 148 g/mol. The van der Waals surface area contributed by atoms with Crippen LogP contribution < -0.4 is 5.32 Å². The van der Waals surface area contributed by atoms with E-state index in [9.17, 15) is 0 Å². The molecule has 0 saturated carbocycles. The third kappa shape index (κ3) is 9.11. The monoisotopic (exact) mass is 168 g/mol. The lowest BCUT2D eigenvalue weighted by molar-refractivity contribution is 0.781. The fourth-order valence-electron chi connectivity index (χ4n) is 0.604. The van der Waals surface area contributed by atoms with E-state index in [1.54, 1.807) is 6.08 Å². The Balaban J connectivity index is 0. The van der Waals surface area contributed by atoms with Crippen LogP contribution >= 0.6 is 0 Å². The minimum Gasteiger partial charge on any atom is -0.319 e. The Morgan fingerprint density at radius 1 is 1.50 bits per heavy atom. The first-order valence-corrected chi connectivity index (χ1v) is 4.28. The zero-order chi connectivity index (χ0) is 9.82. The molecule has 0 aromatic heterocycles. The highest BCUT2D eigenvalue weighted by Gasteiger charge is 1.88. The molecule has 2 heteroatoms. The van der Waals surface area contributed by atoms with Crippen molar-refractivity contribution in [1.82, 2.24) is 5.32 Å². The molecule has 0 heterocycles. The Labute approximate surface area is 76.1 Å². The fourth-order valence-corrected chi connectivity index (χ4v) is 0.604. The average molecular weight is 168 g/mol. The van der Waals surface area contributed by atoms with Crippen molar-refractivity contribution < 1.29 is 0 Å². The molecule has 2 nitrogen and oxygen atoms in total. The first-order valence-electron chi connectivity index (χ1n) is 4.28. The van der Waals surface area contributed by atoms with Crippen LogP contribution in [0.25, 0.3) is 0 Å². The Hall–Kier alpha value is -0.890. The molecule has 0 bridgehead atoms. The van der Waals surface area contributed by atoms with E-state index in [-0.39, 0.29) is 0 Å². The zero-order valence-electron chi connectivity index (χ0n) is 8.43. The summed E-state index contributed by atoms with van der Waals surface area (Å²) in [5.41, 5.74) is 0.976. The number of aliphatic imine (C=N–C) groups is 1. The molecule has 1 N–H and O–H groups in total. The standard InChI is InChI=1S/C8H14N2.C2H6/c1-4-5-8(10-3)6-7-9-2;1-2/h4-5,9H,1,3,6-7H2,2H3;1-2H3/b8-5-;. The minimum atomic E-state index is 0.909. The molecule has 0 aliphatic heterocycles. The molecule has 0 aliphatic rings. The maximum atomic E-state index is 3.82. The third-order valence-corrected chi connectivity index (χ3v) is 1.14. The van der Waals surface area contributed by atoms with Crippen LogP contribution in [-0.2, 0) is 0 Å². The van der Waals surface area contributed by atoms with Gasteiger partial charge in [0.1, 0.15) is 0 Å². The highest BCUT2D eigenvalue weighted by Crippen LogP contribution is 1.99. The van der Waals surface area contributed by atoms with Gasteiger partial charge in [-0.1, -0.05) is 26.5 Å². The molecule has 0 spiro atoms. The minimum absolute atomic E-state index is 0.909. The van der Waals surface area contributed by atoms with Gasteiger partial charge in [-0.05, 0) is 19.8 Å². The van der Waals surface area contributed by atoms with E-state index in [1.165, 1.54) is 0 Å². The molecule has 70 valence electrons. The second kappa shape index (κ2) is 12.8. The molecule has 0 amide bonds.